The van der Waals surface area contributed by atoms with E-state index in [1.165, 1.54) is 19.3 Å². The summed E-state index contributed by atoms with van der Waals surface area (Å²) in [4.78, 5) is 12.8. The van der Waals surface area contributed by atoms with Crippen LogP contribution in [0.3, 0.4) is 0 Å². The monoisotopic (exact) mass is 247 g/mol. The third-order valence-electron chi connectivity index (χ3n) is 2.94. The van der Waals surface area contributed by atoms with E-state index in [-0.39, 0.29) is 6.04 Å². The summed E-state index contributed by atoms with van der Waals surface area (Å²) in [6, 6.07) is 0.116. The molecule has 13 heavy (non-hydrogen) atoms. The molecule has 0 N–H and O–H groups in total. The predicted molar refractivity (Wildman–Crippen MR) is 58.2 cm³/mol. The molecule has 0 radical (unpaired) electrons. The summed E-state index contributed by atoms with van der Waals surface area (Å²) >= 11 is 3.47. The van der Waals surface area contributed by atoms with Crippen LogP contribution >= 0.6 is 15.9 Å². The van der Waals surface area contributed by atoms with Crippen molar-refractivity contribution in [1.82, 2.24) is 4.90 Å². The highest BCUT2D eigenvalue weighted by Gasteiger charge is 2.21. The fraction of sp³-hybridized carbons (Fsp3) is 0.900. The summed E-state index contributed by atoms with van der Waals surface area (Å²) in [5.41, 5.74) is 0. The predicted octanol–water partition coefficient (Wildman–Crippen LogP) is 2.07. The molecule has 2 nitrogen and oxygen atoms in total. The van der Waals surface area contributed by atoms with Gasteiger partial charge in [0, 0.05) is 5.33 Å². The van der Waals surface area contributed by atoms with Gasteiger partial charge in [0.25, 0.3) is 0 Å². The molecule has 76 valence electrons. The lowest BCUT2D eigenvalue weighted by Gasteiger charge is -2.33. The van der Waals surface area contributed by atoms with Gasteiger partial charge in [-0.1, -0.05) is 15.9 Å². The summed E-state index contributed by atoms with van der Waals surface area (Å²) in [5.74, 6) is 0.870. The van der Waals surface area contributed by atoms with Crippen LogP contribution in [-0.2, 0) is 4.79 Å². The van der Waals surface area contributed by atoms with Gasteiger partial charge in [0.1, 0.15) is 6.29 Å². The number of hydrogen-bond acceptors (Lipinski definition) is 2. The van der Waals surface area contributed by atoms with Crippen molar-refractivity contribution in [3.8, 4) is 0 Å². The van der Waals surface area contributed by atoms with E-state index in [1.54, 1.807) is 0 Å². The standard InChI is InChI=1S/C10H18BrNO/c1-9(8-13)12-6-3-10(2-5-11)4-7-12/h8-10H,2-7H2,1H3. The Bertz CT molecular complexity index is 155. The topological polar surface area (TPSA) is 20.3 Å². The molecule has 1 atom stereocenters. The molecular weight excluding hydrogens is 230 g/mol. The molecule has 1 heterocycles. The molecule has 1 aliphatic rings. The molecule has 0 amide bonds. The summed E-state index contributed by atoms with van der Waals surface area (Å²) < 4.78 is 0. The van der Waals surface area contributed by atoms with E-state index in [1.807, 2.05) is 6.92 Å². The molecule has 0 aromatic carbocycles. The Labute approximate surface area is 88.8 Å². The third kappa shape index (κ3) is 3.39. The fourth-order valence-corrected chi connectivity index (χ4v) is 2.54. The normalized spacial score (nSPS) is 22.9. The first kappa shape index (κ1) is 11.2. The number of rotatable bonds is 4. The van der Waals surface area contributed by atoms with E-state index in [0.29, 0.717) is 0 Å². The number of likely N-dealkylation sites (tertiary alicyclic amines) is 1. The van der Waals surface area contributed by atoms with Gasteiger partial charge in [0.15, 0.2) is 0 Å². The van der Waals surface area contributed by atoms with Crippen molar-refractivity contribution in [2.24, 2.45) is 5.92 Å². The summed E-state index contributed by atoms with van der Waals surface area (Å²) in [6.45, 7) is 4.17. The van der Waals surface area contributed by atoms with E-state index in [9.17, 15) is 4.79 Å². The maximum atomic E-state index is 10.6. The Hall–Kier alpha value is 0.110. The molecule has 0 aromatic heterocycles. The molecule has 3 heteroatoms. The van der Waals surface area contributed by atoms with Gasteiger partial charge in [-0.05, 0) is 45.2 Å². The summed E-state index contributed by atoms with van der Waals surface area (Å²) in [6.07, 6.45) is 4.84. The van der Waals surface area contributed by atoms with Crippen LogP contribution in [0.5, 0.6) is 0 Å². The van der Waals surface area contributed by atoms with Crippen LogP contribution in [0, 0.1) is 5.92 Å². The second-order valence-electron chi connectivity index (χ2n) is 3.83. The Morgan fingerprint density at radius 1 is 1.54 bits per heavy atom. The SMILES string of the molecule is CC(C=O)N1CCC(CCBr)CC1. The van der Waals surface area contributed by atoms with Crippen molar-refractivity contribution in [2.75, 3.05) is 18.4 Å². The average molecular weight is 248 g/mol. The minimum absolute atomic E-state index is 0.116. The average Bonchev–Trinajstić information content (AvgIpc) is 2.18. The molecule has 0 saturated carbocycles. The van der Waals surface area contributed by atoms with Gasteiger partial charge in [0.2, 0.25) is 0 Å². The number of carbonyl (C=O) groups excluding carboxylic acids is 1. The lowest BCUT2D eigenvalue weighted by Crippen LogP contribution is -2.40. The molecule has 0 aliphatic carbocycles. The van der Waals surface area contributed by atoms with Crippen LogP contribution in [0.15, 0.2) is 0 Å². The molecule has 1 aliphatic heterocycles. The molecule has 1 unspecified atom stereocenters. The second kappa shape index (κ2) is 5.76. The number of hydrogen-bond donors (Lipinski definition) is 0. The zero-order chi connectivity index (χ0) is 9.68. The van der Waals surface area contributed by atoms with Crippen molar-refractivity contribution in [3.63, 3.8) is 0 Å². The van der Waals surface area contributed by atoms with E-state index in [0.717, 1.165) is 30.6 Å². The largest absolute Gasteiger partial charge is 0.302 e. The van der Waals surface area contributed by atoms with Gasteiger partial charge < -0.3 is 4.79 Å². The molecule has 1 fully saturated rings. The second-order valence-corrected chi connectivity index (χ2v) is 4.63. The highest BCUT2D eigenvalue weighted by atomic mass is 79.9. The van der Waals surface area contributed by atoms with Crippen LogP contribution in [0.2, 0.25) is 0 Å². The number of nitrogens with zero attached hydrogens (tertiary/aromatic N) is 1. The van der Waals surface area contributed by atoms with E-state index >= 15 is 0 Å². The zero-order valence-corrected chi connectivity index (χ0v) is 9.79. The van der Waals surface area contributed by atoms with Crippen molar-refractivity contribution < 1.29 is 4.79 Å². The first-order valence-corrected chi connectivity index (χ1v) is 6.15. The third-order valence-corrected chi connectivity index (χ3v) is 3.40. The maximum absolute atomic E-state index is 10.6. The lowest BCUT2D eigenvalue weighted by atomic mass is 9.94. The smallest absolute Gasteiger partial charge is 0.136 e. The molecule has 1 rings (SSSR count). The highest BCUT2D eigenvalue weighted by Crippen LogP contribution is 2.21. The molecule has 0 aromatic rings. The maximum Gasteiger partial charge on any atom is 0.136 e. The Kier molecular flexibility index (Phi) is 4.96. The van der Waals surface area contributed by atoms with E-state index in [4.69, 9.17) is 0 Å². The van der Waals surface area contributed by atoms with Gasteiger partial charge >= 0.3 is 0 Å². The first-order chi connectivity index (χ1) is 6.27. The number of piperidine rings is 1. The van der Waals surface area contributed by atoms with Crippen LogP contribution in [0.1, 0.15) is 26.2 Å². The van der Waals surface area contributed by atoms with E-state index < -0.39 is 0 Å². The number of aldehydes is 1. The van der Waals surface area contributed by atoms with Gasteiger partial charge in [-0.25, -0.2) is 0 Å². The zero-order valence-electron chi connectivity index (χ0n) is 8.21. The molecular formula is C10H18BrNO. The van der Waals surface area contributed by atoms with Crippen LogP contribution < -0.4 is 0 Å². The fourth-order valence-electron chi connectivity index (χ4n) is 1.89. The summed E-state index contributed by atoms with van der Waals surface area (Å²) in [5, 5.41) is 1.11. The van der Waals surface area contributed by atoms with Gasteiger partial charge in [-0.15, -0.1) is 0 Å². The quantitative estimate of drug-likeness (QED) is 0.560. The number of carbonyl (C=O) groups is 1. The highest BCUT2D eigenvalue weighted by molar-refractivity contribution is 9.09. The minimum atomic E-state index is 0.116. The number of alkyl halides is 1. The van der Waals surface area contributed by atoms with Crippen LogP contribution in [0.4, 0.5) is 0 Å². The lowest BCUT2D eigenvalue weighted by molar-refractivity contribution is -0.112. The van der Waals surface area contributed by atoms with Gasteiger partial charge in [-0.3, -0.25) is 4.90 Å². The van der Waals surface area contributed by atoms with Gasteiger partial charge in [-0.2, -0.15) is 0 Å². The van der Waals surface area contributed by atoms with Gasteiger partial charge in [0.05, 0.1) is 6.04 Å². The Morgan fingerprint density at radius 2 is 2.15 bits per heavy atom. The molecule has 0 spiro atoms. The van der Waals surface area contributed by atoms with Crippen molar-refractivity contribution in [2.45, 2.75) is 32.2 Å². The Balaban J connectivity index is 2.26. The van der Waals surface area contributed by atoms with E-state index in [2.05, 4.69) is 20.8 Å². The Morgan fingerprint density at radius 3 is 2.62 bits per heavy atom. The molecule has 1 saturated heterocycles. The first-order valence-electron chi connectivity index (χ1n) is 5.03. The van der Waals surface area contributed by atoms with Crippen molar-refractivity contribution in [1.29, 1.82) is 0 Å². The van der Waals surface area contributed by atoms with Crippen molar-refractivity contribution >= 4 is 22.2 Å². The molecule has 0 bridgehead atoms. The van der Waals surface area contributed by atoms with Crippen molar-refractivity contribution in [3.05, 3.63) is 0 Å². The number of halogens is 1. The van der Waals surface area contributed by atoms with Crippen LogP contribution in [-0.4, -0.2) is 35.6 Å². The van der Waals surface area contributed by atoms with Crippen LogP contribution in [0.25, 0.3) is 0 Å². The minimum Gasteiger partial charge on any atom is -0.302 e. The summed E-state index contributed by atoms with van der Waals surface area (Å²) in [7, 11) is 0.